The van der Waals surface area contributed by atoms with E-state index in [1.807, 2.05) is 33.0 Å². The summed E-state index contributed by atoms with van der Waals surface area (Å²) in [7, 11) is 3.62. The fourth-order valence-corrected chi connectivity index (χ4v) is 3.05. The van der Waals surface area contributed by atoms with Gasteiger partial charge in [0.1, 0.15) is 11.3 Å². The summed E-state index contributed by atoms with van der Waals surface area (Å²) < 4.78 is 13.9. The first-order chi connectivity index (χ1) is 11.8. The van der Waals surface area contributed by atoms with Gasteiger partial charge in [0.25, 0.3) is 5.91 Å². The van der Waals surface area contributed by atoms with E-state index in [2.05, 4.69) is 21.0 Å². The summed E-state index contributed by atoms with van der Waals surface area (Å²) in [5, 5.41) is 4.97. The van der Waals surface area contributed by atoms with Crippen LogP contribution in [-0.2, 0) is 13.6 Å². The molecule has 0 saturated heterocycles. The number of furan rings is 1. The molecule has 3 aromatic rings. The van der Waals surface area contributed by atoms with Crippen molar-refractivity contribution in [2.24, 2.45) is 7.05 Å². The summed E-state index contributed by atoms with van der Waals surface area (Å²) in [6.45, 7) is 4.36. The molecule has 0 N–H and O–H groups in total. The maximum Gasteiger partial charge on any atom is 0.254 e. The van der Waals surface area contributed by atoms with Crippen molar-refractivity contribution in [1.82, 2.24) is 14.7 Å². The predicted molar refractivity (Wildman–Crippen MR) is 98.7 cm³/mol. The van der Waals surface area contributed by atoms with Gasteiger partial charge in [-0.25, -0.2) is 0 Å². The zero-order chi connectivity index (χ0) is 18.1. The normalized spacial score (nSPS) is 11.3. The Hall–Kier alpha value is -2.28. The Bertz CT molecular complexity index is 914. The standard InChI is InChI=1S/C18H20BrN3O3/c1-11(2)24-15-7-12(8-16-14(15)9-17(19)25-16)18(23)21(3)10-13-5-6-20-22(13)4/h5-9,11H,10H2,1-4H3. The number of fused-ring (bicyclic) bond motifs is 1. The van der Waals surface area contributed by atoms with Crippen LogP contribution < -0.4 is 4.74 Å². The van der Waals surface area contributed by atoms with Crippen molar-refractivity contribution >= 4 is 32.8 Å². The minimum atomic E-state index is -0.107. The van der Waals surface area contributed by atoms with Crippen molar-refractivity contribution in [3.63, 3.8) is 0 Å². The highest BCUT2D eigenvalue weighted by Crippen LogP contribution is 2.33. The van der Waals surface area contributed by atoms with Gasteiger partial charge in [-0.15, -0.1) is 0 Å². The predicted octanol–water partition coefficient (Wildman–Crippen LogP) is 3.99. The van der Waals surface area contributed by atoms with E-state index < -0.39 is 0 Å². The molecule has 132 valence electrons. The van der Waals surface area contributed by atoms with Crippen LogP contribution in [0.3, 0.4) is 0 Å². The summed E-state index contributed by atoms with van der Waals surface area (Å²) in [6, 6.07) is 7.26. The first-order valence-electron chi connectivity index (χ1n) is 7.97. The molecule has 0 aliphatic heterocycles. The van der Waals surface area contributed by atoms with Crippen LogP contribution >= 0.6 is 15.9 Å². The highest BCUT2D eigenvalue weighted by molar-refractivity contribution is 9.10. The van der Waals surface area contributed by atoms with Crippen molar-refractivity contribution in [3.8, 4) is 5.75 Å². The third-order valence-corrected chi connectivity index (χ3v) is 4.24. The number of carbonyl (C=O) groups is 1. The van der Waals surface area contributed by atoms with Gasteiger partial charge in [-0.05, 0) is 48.0 Å². The number of carbonyl (C=O) groups excluding carboxylic acids is 1. The lowest BCUT2D eigenvalue weighted by Crippen LogP contribution is -2.27. The molecule has 0 saturated carbocycles. The average molecular weight is 406 g/mol. The van der Waals surface area contributed by atoms with E-state index in [1.165, 1.54) is 0 Å². The van der Waals surface area contributed by atoms with Gasteiger partial charge >= 0.3 is 0 Å². The van der Waals surface area contributed by atoms with Gasteiger partial charge in [0.2, 0.25) is 0 Å². The fraction of sp³-hybridized carbons (Fsp3) is 0.333. The Balaban J connectivity index is 1.93. The number of hydrogen-bond donors (Lipinski definition) is 0. The molecule has 1 aromatic carbocycles. The van der Waals surface area contributed by atoms with E-state index in [-0.39, 0.29) is 12.0 Å². The SMILES string of the molecule is CC(C)Oc1cc(C(=O)N(C)Cc2ccnn2C)cc2oc(Br)cc12. The van der Waals surface area contributed by atoms with E-state index in [4.69, 9.17) is 9.15 Å². The van der Waals surface area contributed by atoms with Crippen LogP contribution in [0.2, 0.25) is 0 Å². The first-order valence-corrected chi connectivity index (χ1v) is 8.76. The molecule has 0 spiro atoms. The number of nitrogens with zero attached hydrogens (tertiary/aromatic N) is 3. The molecule has 0 atom stereocenters. The molecule has 2 heterocycles. The number of hydrogen-bond acceptors (Lipinski definition) is 4. The third kappa shape index (κ3) is 3.71. The van der Waals surface area contributed by atoms with Gasteiger partial charge in [-0.2, -0.15) is 5.10 Å². The highest BCUT2D eigenvalue weighted by Gasteiger charge is 2.19. The lowest BCUT2D eigenvalue weighted by atomic mass is 10.1. The van der Waals surface area contributed by atoms with Crippen molar-refractivity contribution in [3.05, 3.63) is 46.4 Å². The number of halogens is 1. The van der Waals surface area contributed by atoms with Crippen molar-refractivity contribution in [2.45, 2.75) is 26.5 Å². The van der Waals surface area contributed by atoms with Gasteiger partial charge in [0.15, 0.2) is 4.67 Å². The lowest BCUT2D eigenvalue weighted by Gasteiger charge is -2.18. The first kappa shape index (κ1) is 17.5. The van der Waals surface area contributed by atoms with Gasteiger partial charge in [-0.3, -0.25) is 9.48 Å². The number of benzene rings is 1. The smallest absolute Gasteiger partial charge is 0.254 e. The Labute approximate surface area is 154 Å². The van der Waals surface area contributed by atoms with Crippen LogP contribution in [0.15, 0.2) is 39.5 Å². The largest absolute Gasteiger partial charge is 0.490 e. The molecule has 7 heteroatoms. The summed E-state index contributed by atoms with van der Waals surface area (Å²) >= 11 is 3.34. The van der Waals surface area contributed by atoms with Crippen LogP contribution in [0, 0.1) is 0 Å². The number of rotatable bonds is 5. The number of aromatic nitrogens is 2. The minimum Gasteiger partial charge on any atom is -0.490 e. The molecule has 0 aliphatic carbocycles. The molecule has 0 bridgehead atoms. The summed E-state index contributed by atoms with van der Waals surface area (Å²) in [5.41, 5.74) is 2.09. The second-order valence-corrected chi connectivity index (χ2v) is 6.99. The molecule has 1 amide bonds. The second kappa shape index (κ2) is 6.92. The molecule has 0 radical (unpaired) electrons. The van der Waals surface area contributed by atoms with Crippen LogP contribution in [-0.4, -0.2) is 33.7 Å². The molecule has 2 aromatic heterocycles. The summed E-state index contributed by atoms with van der Waals surface area (Å²) in [5.74, 6) is 0.531. The minimum absolute atomic E-state index is 0.00519. The third-order valence-electron chi connectivity index (χ3n) is 3.85. The van der Waals surface area contributed by atoms with E-state index in [0.29, 0.717) is 28.1 Å². The van der Waals surface area contributed by atoms with Crippen LogP contribution in [0.4, 0.5) is 0 Å². The van der Waals surface area contributed by atoms with Gasteiger partial charge < -0.3 is 14.1 Å². The Kier molecular flexibility index (Phi) is 4.85. The molecule has 6 nitrogen and oxygen atoms in total. The maximum absolute atomic E-state index is 12.9. The maximum atomic E-state index is 12.9. The topological polar surface area (TPSA) is 60.5 Å². The van der Waals surface area contributed by atoms with E-state index in [9.17, 15) is 4.79 Å². The van der Waals surface area contributed by atoms with Crippen LogP contribution in [0.25, 0.3) is 11.0 Å². The van der Waals surface area contributed by atoms with E-state index >= 15 is 0 Å². The molecule has 0 aliphatic rings. The van der Waals surface area contributed by atoms with E-state index in [1.54, 1.807) is 35.0 Å². The second-order valence-electron chi connectivity index (χ2n) is 6.21. The van der Waals surface area contributed by atoms with Crippen molar-refractivity contribution in [2.75, 3.05) is 7.05 Å². The van der Waals surface area contributed by atoms with Gasteiger partial charge in [0.05, 0.1) is 23.7 Å². The zero-order valence-electron chi connectivity index (χ0n) is 14.6. The zero-order valence-corrected chi connectivity index (χ0v) is 16.2. The average Bonchev–Trinajstić information content (AvgIpc) is 3.11. The summed E-state index contributed by atoms with van der Waals surface area (Å²) in [6.07, 6.45) is 1.71. The molecule has 0 unspecified atom stereocenters. The summed E-state index contributed by atoms with van der Waals surface area (Å²) in [4.78, 5) is 14.5. The lowest BCUT2D eigenvalue weighted by molar-refractivity contribution is 0.0781. The van der Waals surface area contributed by atoms with Crippen LogP contribution in [0.5, 0.6) is 5.75 Å². The van der Waals surface area contributed by atoms with E-state index in [0.717, 1.165) is 11.1 Å². The Morgan fingerprint density at radius 2 is 2.16 bits per heavy atom. The Morgan fingerprint density at radius 1 is 1.40 bits per heavy atom. The monoisotopic (exact) mass is 405 g/mol. The quantitative estimate of drug-likeness (QED) is 0.643. The Morgan fingerprint density at radius 3 is 2.80 bits per heavy atom. The number of ether oxygens (including phenoxy) is 1. The van der Waals surface area contributed by atoms with Gasteiger partial charge in [0, 0.05) is 31.9 Å². The molecular formula is C18H20BrN3O3. The van der Waals surface area contributed by atoms with Crippen molar-refractivity contribution < 1.29 is 13.9 Å². The molecular weight excluding hydrogens is 386 g/mol. The number of amides is 1. The van der Waals surface area contributed by atoms with Crippen molar-refractivity contribution in [1.29, 1.82) is 0 Å². The fourth-order valence-electron chi connectivity index (χ4n) is 2.64. The highest BCUT2D eigenvalue weighted by atomic mass is 79.9. The number of aryl methyl sites for hydroxylation is 1. The molecule has 0 fully saturated rings. The molecule has 3 rings (SSSR count). The van der Waals surface area contributed by atoms with Gasteiger partial charge in [-0.1, -0.05) is 0 Å². The molecule has 25 heavy (non-hydrogen) atoms. The van der Waals surface area contributed by atoms with Crippen LogP contribution in [0.1, 0.15) is 29.9 Å².